The Hall–Kier alpha value is -2.63. The Balaban J connectivity index is 1.80. The number of carbonyl (C=O) groups is 2. The van der Waals surface area contributed by atoms with Crippen molar-refractivity contribution in [3.05, 3.63) is 42.1 Å². The minimum Gasteiger partial charge on any atom is -0.351 e. The van der Waals surface area contributed by atoms with Gasteiger partial charge in [-0.25, -0.2) is 4.68 Å². The predicted octanol–water partition coefficient (Wildman–Crippen LogP) is 3.00. The van der Waals surface area contributed by atoms with Gasteiger partial charge in [-0.15, -0.1) is 0 Å². The molecule has 6 heteroatoms. The van der Waals surface area contributed by atoms with Gasteiger partial charge in [-0.2, -0.15) is 5.10 Å². The molecule has 2 aromatic rings. The maximum atomic E-state index is 12.4. The van der Waals surface area contributed by atoms with E-state index in [-0.39, 0.29) is 17.7 Å². The summed E-state index contributed by atoms with van der Waals surface area (Å²) in [6.07, 6.45) is 2.76. The molecule has 1 aromatic heterocycles. The van der Waals surface area contributed by atoms with Gasteiger partial charge in [-0.3, -0.25) is 9.59 Å². The van der Waals surface area contributed by atoms with Crippen LogP contribution in [0.5, 0.6) is 0 Å². The molecule has 1 heterocycles. The molecule has 1 aromatic carbocycles. The molecule has 0 saturated heterocycles. The van der Waals surface area contributed by atoms with E-state index in [4.69, 9.17) is 0 Å². The summed E-state index contributed by atoms with van der Waals surface area (Å²) in [6, 6.07) is 11.1. The second kappa shape index (κ2) is 7.51. The standard InChI is InChI=1S/C19H24N4O2/c1-13(2)10-11-20-19(25)16-12-17(21-18(24)14-8-9-14)23(22-16)15-6-4-3-5-7-15/h3-7,12-14H,8-11H2,1-2H3,(H,20,25)(H,21,24). The summed E-state index contributed by atoms with van der Waals surface area (Å²) in [4.78, 5) is 24.5. The molecule has 1 fully saturated rings. The van der Waals surface area contributed by atoms with Crippen molar-refractivity contribution in [2.24, 2.45) is 11.8 Å². The summed E-state index contributed by atoms with van der Waals surface area (Å²) in [6.45, 7) is 4.84. The Morgan fingerprint density at radius 1 is 1.24 bits per heavy atom. The van der Waals surface area contributed by atoms with Gasteiger partial charge in [0.2, 0.25) is 5.91 Å². The zero-order valence-corrected chi connectivity index (χ0v) is 14.7. The van der Waals surface area contributed by atoms with Crippen molar-refractivity contribution < 1.29 is 9.59 Å². The number of amides is 2. The van der Waals surface area contributed by atoms with Gasteiger partial charge in [0.25, 0.3) is 5.91 Å². The predicted molar refractivity (Wildman–Crippen MR) is 96.7 cm³/mol. The minimum absolute atomic E-state index is 0.0103. The van der Waals surface area contributed by atoms with E-state index in [0.717, 1.165) is 24.9 Å². The molecule has 1 aliphatic carbocycles. The van der Waals surface area contributed by atoms with Gasteiger partial charge in [0, 0.05) is 18.5 Å². The first-order chi connectivity index (χ1) is 12.0. The van der Waals surface area contributed by atoms with Crippen LogP contribution in [0.3, 0.4) is 0 Å². The van der Waals surface area contributed by atoms with Gasteiger partial charge < -0.3 is 10.6 Å². The molecule has 1 aliphatic rings. The van der Waals surface area contributed by atoms with Crippen LogP contribution in [-0.2, 0) is 4.79 Å². The van der Waals surface area contributed by atoms with E-state index in [1.165, 1.54) is 0 Å². The molecule has 0 bridgehead atoms. The first kappa shape index (κ1) is 17.2. The summed E-state index contributed by atoms with van der Waals surface area (Å²) in [5, 5.41) is 10.2. The summed E-state index contributed by atoms with van der Waals surface area (Å²) in [5.74, 6) is 0.899. The topological polar surface area (TPSA) is 76.0 Å². The molecule has 25 heavy (non-hydrogen) atoms. The summed E-state index contributed by atoms with van der Waals surface area (Å²) in [5.41, 5.74) is 1.11. The fraction of sp³-hybridized carbons (Fsp3) is 0.421. The smallest absolute Gasteiger partial charge is 0.271 e. The monoisotopic (exact) mass is 340 g/mol. The Morgan fingerprint density at radius 3 is 2.60 bits per heavy atom. The van der Waals surface area contributed by atoms with Crippen molar-refractivity contribution in [2.75, 3.05) is 11.9 Å². The van der Waals surface area contributed by atoms with Crippen molar-refractivity contribution in [3.8, 4) is 5.69 Å². The van der Waals surface area contributed by atoms with Crippen LogP contribution >= 0.6 is 0 Å². The van der Waals surface area contributed by atoms with Gasteiger partial charge >= 0.3 is 0 Å². The van der Waals surface area contributed by atoms with Crippen LogP contribution in [0.2, 0.25) is 0 Å². The molecular weight excluding hydrogens is 316 g/mol. The van der Waals surface area contributed by atoms with E-state index >= 15 is 0 Å². The maximum absolute atomic E-state index is 12.4. The maximum Gasteiger partial charge on any atom is 0.271 e. The molecular formula is C19H24N4O2. The largest absolute Gasteiger partial charge is 0.351 e. The number of para-hydroxylation sites is 1. The van der Waals surface area contributed by atoms with E-state index < -0.39 is 0 Å². The molecule has 3 rings (SSSR count). The molecule has 2 N–H and O–H groups in total. The van der Waals surface area contributed by atoms with E-state index in [2.05, 4.69) is 29.6 Å². The van der Waals surface area contributed by atoms with Crippen LogP contribution in [0.25, 0.3) is 5.69 Å². The highest BCUT2D eigenvalue weighted by atomic mass is 16.2. The fourth-order valence-corrected chi connectivity index (χ4v) is 2.49. The number of hydrogen-bond acceptors (Lipinski definition) is 3. The summed E-state index contributed by atoms with van der Waals surface area (Å²) >= 11 is 0. The average Bonchev–Trinajstić information content (AvgIpc) is 3.36. The van der Waals surface area contributed by atoms with Crippen molar-refractivity contribution >= 4 is 17.6 Å². The van der Waals surface area contributed by atoms with Crippen molar-refractivity contribution in [2.45, 2.75) is 33.1 Å². The molecule has 0 atom stereocenters. The number of benzene rings is 1. The van der Waals surface area contributed by atoms with Gasteiger partial charge in [0.15, 0.2) is 5.69 Å². The van der Waals surface area contributed by atoms with Crippen LogP contribution < -0.4 is 10.6 Å². The van der Waals surface area contributed by atoms with Crippen LogP contribution in [0.1, 0.15) is 43.6 Å². The van der Waals surface area contributed by atoms with Crippen LogP contribution in [-0.4, -0.2) is 28.1 Å². The van der Waals surface area contributed by atoms with Gasteiger partial charge in [0.05, 0.1) is 5.69 Å². The summed E-state index contributed by atoms with van der Waals surface area (Å²) in [7, 11) is 0. The quantitative estimate of drug-likeness (QED) is 0.813. The highest BCUT2D eigenvalue weighted by Gasteiger charge is 2.30. The normalized spacial score (nSPS) is 13.7. The van der Waals surface area contributed by atoms with E-state index in [9.17, 15) is 9.59 Å². The molecule has 1 saturated carbocycles. The second-order valence-corrected chi connectivity index (χ2v) is 6.86. The highest BCUT2D eigenvalue weighted by molar-refractivity contribution is 5.97. The summed E-state index contributed by atoms with van der Waals surface area (Å²) < 4.78 is 1.61. The first-order valence-corrected chi connectivity index (χ1v) is 8.79. The lowest BCUT2D eigenvalue weighted by Gasteiger charge is -2.08. The second-order valence-electron chi connectivity index (χ2n) is 6.86. The third kappa shape index (κ3) is 4.47. The molecule has 0 unspecified atom stereocenters. The number of nitrogens with zero attached hydrogens (tertiary/aromatic N) is 2. The highest BCUT2D eigenvalue weighted by Crippen LogP contribution is 2.30. The molecule has 0 spiro atoms. The third-order valence-electron chi connectivity index (χ3n) is 4.15. The first-order valence-electron chi connectivity index (χ1n) is 8.79. The van der Waals surface area contributed by atoms with Crippen molar-refractivity contribution in [1.82, 2.24) is 15.1 Å². The van der Waals surface area contributed by atoms with E-state index in [1.807, 2.05) is 30.3 Å². The van der Waals surface area contributed by atoms with Gasteiger partial charge in [-0.05, 0) is 37.3 Å². The number of hydrogen-bond donors (Lipinski definition) is 2. The minimum atomic E-state index is -0.225. The van der Waals surface area contributed by atoms with E-state index in [1.54, 1.807) is 10.7 Å². The lowest BCUT2D eigenvalue weighted by molar-refractivity contribution is -0.117. The molecule has 0 radical (unpaired) electrons. The Bertz CT molecular complexity index is 748. The zero-order chi connectivity index (χ0) is 17.8. The Morgan fingerprint density at radius 2 is 1.96 bits per heavy atom. The Kier molecular flexibility index (Phi) is 5.16. The fourth-order valence-electron chi connectivity index (χ4n) is 2.49. The van der Waals surface area contributed by atoms with Crippen molar-refractivity contribution in [3.63, 3.8) is 0 Å². The van der Waals surface area contributed by atoms with Crippen LogP contribution in [0, 0.1) is 11.8 Å². The number of carbonyl (C=O) groups excluding carboxylic acids is 2. The SMILES string of the molecule is CC(C)CCNC(=O)c1cc(NC(=O)C2CC2)n(-c2ccccc2)n1. The van der Waals surface area contributed by atoms with Crippen molar-refractivity contribution in [1.29, 1.82) is 0 Å². The zero-order valence-electron chi connectivity index (χ0n) is 14.7. The van der Waals surface area contributed by atoms with Gasteiger partial charge in [-0.1, -0.05) is 32.0 Å². The van der Waals surface area contributed by atoms with Gasteiger partial charge in [0.1, 0.15) is 5.82 Å². The van der Waals surface area contributed by atoms with E-state index in [0.29, 0.717) is 24.0 Å². The molecule has 132 valence electrons. The number of rotatable bonds is 7. The van der Waals surface area contributed by atoms with Crippen LogP contribution in [0.15, 0.2) is 36.4 Å². The third-order valence-corrected chi connectivity index (χ3v) is 4.15. The molecule has 2 amide bonds. The Labute approximate surface area is 147 Å². The molecule has 0 aliphatic heterocycles. The number of nitrogens with one attached hydrogen (secondary N) is 2. The average molecular weight is 340 g/mol. The van der Waals surface area contributed by atoms with Crippen LogP contribution in [0.4, 0.5) is 5.82 Å². The lowest BCUT2D eigenvalue weighted by Crippen LogP contribution is -2.25. The number of aromatic nitrogens is 2. The lowest BCUT2D eigenvalue weighted by atomic mass is 10.1. The number of anilines is 1. The molecule has 6 nitrogen and oxygen atoms in total.